The van der Waals surface area contributed by atoms with E-state index in [1.54, 1.807) is 12.1 Å². The van der Waals surface area contributed by atoms with E-state index in [-0.39, 0.29) is 11.9 Å². The van der Waals surface area contributed by atoms with Crippen LogP contribution in [0, 0.1) is 12.3 Å². The molecule has 1 aromatic heterocycles. The topological polar surface area (TPSA) is 49.4 Å². The number of nitrogens with zero attached hydrogens (tertiary/aromatic N) is 1. The Kier molecular flexibility index (Phi) is 6.08. The number of rotatable bonds is 5. The SMILES string of the molecule is C#CC(=O)N(c1ccccc1)[C@H](C(=O)NC1CCCCC1)c1cccs1. The maximum absolute atomic E-state index is 13.2. The van der Waals surface area contributed by atoms with Crippen LogP contribution in [0.2, 0.25) is 0 Å². The molecule has 0 bridgehead atoms. The molecule has 1 heterocycles. The fraction of sp³-hybridized carbons (Fsp3) is 0.333. The minimum Gasteiger partial charge on any atom is -0.351 e. The molecule has 1 saturated carbocycles. The molecule has 1 aromatic carbocycles. The van der Waals surface area contributed by atoms with Crippen molar-refractivity contribution in [3.8, 4) is 12.3 Å². The first-order valence-electron chi connectivity index (χ1n) is 8.89. The molecule has 1 aliphatic rings. The summed E-state index contributed by atoms with van der Waals surface area (Å²) in [6.07, 6.45) is 10.8. The normalized spacial score (nSPS) is 15.7. The van der Waals surface area contributed by atoms with Gasteiger partial charge in [-0.3, -0.25) is 14.5 Å². The first-order chi connectivity index (χ1) is 12.7. The molecule has 2 aromatic rings. The molecule has 0 unspecified atom stereocenters. The lowest BCUT2D eigenvalue weighted by Gasteiger charge is -2.31. The Bertz CT molecular complexity index is 774. The van der Waals surface area contributed by atoms with Crippen molar-refractivity contribution in [1.82, 2.24) is 5.32 Å². The summed E-state index contributed by atoms with van der Waals surface area (Å²) < 4.78 is 0. The smallest absolute Gasteiger partial charge is 0.303 e. The van der Waals surface area contributed by atoms with Crippen molar-refractivity contribution in [3.05, 3.63) is 52.7 Å². The van der Waals surface area contributed by atoms with Crippen molar-refractivity contribution < 1.29 is 9.59 Å². The lowest BCUT2D eigenvalue weighted by molar-refractivity contribution is -0.125. The van der Waals surface area contributed by atoms with E-state index >= 15 is 0 Å². The van der Waals surface area contributed by atoms with Gasteiger partial charge in [-0.1, -0.05) is 43.5 Å². The Morgan fingerprint density at radius 1 is 1.12 bits per heavy atom. The van der Waals surface area contributed by atoms with Gasteiger partial charge in [0.15, 0.2) is 6.04 Å². The first-order valence-corrected chi connectivity index (χ1v) is 9.77. The largest absolute Gasteiger partial charge is 0.351 e. The van der Waals surface area contributed by atoms with E-state index < -0.39 is 11.9 Å². The van der Waals surface area contributed by atoms with E-state index in [9.17, 15) is 9.59 Å². The van der Waals surface area contributed by atoms with Gasteiger partial charge < -0.3 is 5.32 Å². The fourth-order valence-corrected chi connectivity index (χ4v) is 4.20. The lowest BCUT2D eigenvalue weighted by atomic mass is 9.95. The Morgan fingerprint density at radius 2 is 1.85 bits per heavy atom. The maximum atomic E-state index is 13.2. The monoisotopic (exact) mass is 366 g/mol. The van der Waals surface area contributed by atoms with Crippen LogP contribution < -0.4 is 10.2 Å². The Labute approximate surface area is 158 Å². The molecule has 0 spiro atoms. The van der Waals surface area contributed by atoms with Gasteiger partial charge in [-0.25, -0.2) is 0 Å². The molecule has 2 amide bonds. The zero-order valence-corrected chi connectivity index (χ0v) is 15.4. The summed E-state index contributed by atoms with van der Waals surface area (Å²) in [5.41, 5.74) is 0.618. The summed E-state index contributed by atoms with van der Waals surface area (Å²) in [6, 6.07) is 12.3. The van der Waals surface area contributed by atoms with Crippen LogP contribution in [0.25, 0.3) is 0 Å². The van der Waals surface area contributed by atoms with Crippen LogP contribution in [0.5, 0.6) is 0 Å². The molecule has 5 heteroatoms. The molecule has 26 heavy (non-hydrogen) atoms. The van der Waals surface area contributed by atoms with E-state index in [1.165, 1.54) is 22.7 Å². The molecule has 1 aliphatic carbocycles. The van der Waals surface area contributed by atoms with Gasteiger partial charge in [-0.05, 0) is 42.3 Å². The summed E-state index contributed by atoms with van der Waals surface area (Å²) in [7, 11) is 0. The maximum Gasteiger partial charge on any atom is 0.303 e. The van der Waals surface area contributed by atoms with Crippen molar-refractivity contribution >= 4 is 28.8 Å². The lowest BCUT2D eigenvalue weighted by Crippen LogP contribution is -2.46. The highest BCUT2D eigenvalue weighted by Gasteiger charge is 2.34. The van der Waals surface area contributed by atoms with Gasteiger partial charge in [0, 0.05) is 16.6 Å². The van der Waals surface area contributed by atoms with E-state index in [4.69, 9.17) is 6.42 Å². The van der Waals surface area contributed by atoms with Gasteiger partial charge in [0.25, 0.3) is 0 Å². The van der Waals surface area contributed by atoms with Crippen molar-refractivity contribution in [1.29, 1.82) is 0 Å². The highest BCUT2D eigenvalue weighted by molar-refractivity contribution is 7.10. The number of amides is 2. The molecular weight excluding hydrogens is 344 g/mol. The van der Waals surface area contributed by atoms with Crippen molar-refractivity contribution in [2.75, 3.05) is 4.90 Å². The standard InChI is InChI=1S/C21H22N2O2S/c1-2-19(24)23(17-12-7-4-8-13-17)20(18-14-9-15-26-18)21(25)22-16-10-5-3-6-11-16/h1,4,7-9,12-16,20H,3,5-6,10-11H2,(H,22,25)/t20-/m0/s1. The van der Waals surface area contributed by atoms with Gasteiger partial charge in [0.2, 0.25) is 5.91 Å². The Hall–Kier alpha value is -2.58. The number of nitrogens with one attached hydrogen (secondary N) is 1. The van der Waals surface area contributed by atoms with Crippen molar-refractivity contribution in [2.45, 2.75) is 44.2 Å². The molecule has 0 aliphatic heterocycles. The summed E-state index contributed by atoms with van der Waals surface area (Å²) in [6.45, 7) is 0. The number of anilines is 1. The summed E-state index contributed by atoms with van der Waals surface area (Å²) in [5.74, 6) is 1.48. The third-order valence-corrected chi connectivity index (χ3v) is 5.57. The van der Waals surface area contributed by atoms with Gasteiger partial charge in [0.05, 0.1) is 0 Å². The van der Waals surface area contributed by atoms with Gasteiger partial charge in [-0.2, -0.15) is 0 Å². The van der Waals surface area contributed by atoms with E-state index in [0.717, 1.165) is 30.6 Å². The quantitative estimate of drug-likeness (QED) is 0.816. The van der Waals surface area contributed by atoms with Crippen LogP contribution >= 0.6 is 11.3 Å². The molecule has 4 nitrogen and oxygen atoms in total. The van der Waals surface area contributed by atoms with E-state index in [1.807, 2.05) is 35.7 Å². The van der Waals surface area contributed by atoms with Crippen LogP contribution in [-0.4, -0.2) is 17.9 Å². The highest BCUT2D eigenvalue weighted by atomic mass is 32.1. The van der Waals surface area contributed by atoms with Gasteiger partial charge >= 0.3 is 5.91 Å². The number of benzene rings is 1. The second-order valence-corrected chi connectivity index (χ2v) is 7.40. The van der Waals surface area contributed by atoms with Crippen LogP contribution in [0.1, 0.15) is 43.0 Å². The van der Waals surface area contributed by atoms with E-state index in [0.29, 0.717) is 5.69 Å². The highest BCUT2D eigenvalue weighted by Crippen LogP contribution is 2.31. The number of hydrogen-bond donors (Lipinski definition) is 1. The molecular formula is C21H22N2O2S. The summed E-state index contributed by atoms with van der Waals surface area (Å²) >= 11 is 1.45. The minimum absolute atomic E-state index is 0.164. The molecule has 134 valence electrons. The third-order valence-electron chi connectivity index (χ3n) is 4.65. The summed E-state index contributed by atoms with van der Waals surface area (Å²) in [4.78, 5) is 28.0. The third kappa shape index (κ3) is 4.14. The number of thiophene rings is 1. The van der Waals surface area contributed by atoms with Crippen LogP contribution in [0.4, 0.5) is 5.69 Å². The van der Waals surface area contributed by atoms with Crippen LogP contribution in [0.15, 0.2) is 47.8 Å². The first kappa shape index (κ1) is 18.2. The zero-order valence-electron chi connectivity index (χ0n) is 14.6. The number of carbonyl (C=O) groups is 2. The average molecular weight is 366 g/mol. The Morgan fingerprint density at radius 3 is 2.46 bits per heavy atom. The number of terminal acetylenes is 1. The number of para-hydroxylation sites is 1. The predicted molar refractivity (Wildman–Crippen MR) is 105 cm³/mol. The van der Waals surface area contributed by atoms with Crippen LogP contribution in [0.3, 0.4) is 0 Å². The molecule has 0 saturated heterocycles. The number of carbonyl (C=O) groups excluding carboxylic acids is 2. The van der Waals surface area contributed by atoms with Crippen molar-refractivity contribution in [3.63, 3.8) is 0 Å². The molecule has 1 fully saturated rings. The fourth-order valence-electron chi connectivity index (χ4n) is 3.39. The predicted octanol–water partition coefficient (Wildman–Crippen LogP) is 3.90. The van der Waals surface area contributed by atoms with Crippen LogP contribution in [-0.2, 0) is 9.59 Å². The molecule has 1 atom stereocenters. The van der Waals surface area contributed by atoms with Crippen molar-refractivity contribution in [2.24, 2.45) is 0 Å². The second-order valence-electron chi connectivity index (χ2n) is 6.42. The second kappa shape index (κ2) is 8.68. The molecule has 3 rings (SSSR count). The average Bonchev–Trinajstić information content (AvgIpc) is 3.21. The summed E-state index contributed by atoms with van der Waals surface area (Å²) in [5, 5.41) is 5.04. The molecule has 0 radical (unpaired) electrons. The number of hydrogen-bond acceptors (Lipinski definition) is 3. The van der Waals surface area contributed by atoms with Gasteiger partial charge in [0.1, 0.15) is 0 Å². The van der Waals surface area contributed by atoms with Gasteiger partial charge in [-0.15, -0.1) is 17.8 Å². The Balaban J connectivity index is 1.94. The zero-order chi connectivity index (χ0) is 18.4. The van der Waals surface area contributed by atoms with E-state index in [2.05, 4.69) is 11.2 Å². The molecule has 1 N–H and O–H groups in total. The minimum atomic E-state index is -0.761.